The minimum Gasteiger partial charge on any atom is -0.494 e. The number of furan rings is 1. The second-order valence-electron chi connectivity index (χ2n) is 7.66. The number of fused-ring (bicyclic) bond motifs is 1. The van der Waals surface area contributed by atoms with Crippen LogP contribution in [-0.4, -0.2) is 42.7 Å². The smallest absolute Gasteiger partial charge is 0.259 e. The summed E-state index contributed by atoms with van der Waals surface area (Å²) in [6, 6.07) is 15.7. The Labute approximate surface area is 195 Å². The number of rotatable bonds is 10. The molecule has 0 atom stereocenters. The van der Waals surface area contributed by atoms with Gasteiger partial charge in [-0.3, -0.25) is 4.98 Å². The molecule has 0 aliphatic rings. The molecule has 1 aromatic carbocycles. The summed E-state index contributed by atoms with van der Waals surface area (Å²) in [7, 11) is 0. The third-order valence-electron chi connectivity index (χ3n) is 5.20. The summed E-state index contributed by atoms with van der Waals surface area (Å²) in [4.78, 5) is 17.2. The Hall–Kier alpha value is -4.47. The van der Waals surface area contributed by atoms with Crippen molar-refractivity contribution in [2.75, 3.05) is 24.2 Å². The molecular weight excluding hydrogens is 432 g/mol. The number of aryl methyl sites for hydroxylation is 1. The third kappa shape index (κ3) is 5.12. The fourth-order valence-electron chi connectivity index (χ4n) is 3.48. The number of hydrogen-bond acceptors (Lipinski definition) is 9. The Morgan fingerprint density at radius 2 is 1.88 bits per heavy atom. The standard InChI is InChI=1S/C24H24N8O2/c25-22-29-23(30-24-28-21(31-32(22)24)20-6-3-15-34-20)27-13-11-17-7-9-19(10-8-17)33-14-2-5-18-4-1-12-26-16-18/h1,3-4,6-10,12,15-16H,2,5,11,13-14H2,(H3,25,27,28,29,30,31). The van der Waals surface area contributed by atoms with E-state index in [1.54, 1.807) is 24.6 Å². The van der Waals surface area contributed by atoms with Crippen LogP contribution in [0.5, 0.6) is 5.75 Å². The lowest BCUT2D eigenvalue weighted by molar-refractivity contribution is 0.311. The normalized spacial score (nSPS) is 11.1. The molecule has 10 nitrogen and oxygen atoms in total. The zero-order valence-corrected chi connectivity index (χ0v) is 18.5. The largest absolute Gasteiger partial charge is 0.494 e. The Balaban J connectivity index is 1.11. The van der Waals surface area contributed by atoms with E-state index in [2.05, 4.69) is 48.6 Å². The van der Waals surface area contributed by atoms with E-state index in [0.717, 1.165) is 25.0 Å². The highest BCUT2D eigenvalue weighted by molar-refractivity contribution is 5.52. The number of nitrogens with two attached hydrogens (primary N) is 1. The minimum absolute atomic E-state index is 0.197. The van der Waals surface area contributed by atoms with Gasteiger partial charge in [0.15, 0.2) is 5.76 Å². The molecule has 0 fully saturated rings. The van der Waals surface area contributed by atoms with Crippen LogP contribution in [0.15, 0.2) is 71.6 Å². The first-order chi connectivity index (χ1) is 16.7. The van der Waals surface area contributed by atoms with Gasteiger partial charge in [0, 0.05) is 18.9 Å². The predicted octanol–water partition coefficient (Wildman–Crippen LogP) is 3.42. The average Bonchev–Trinajstić information content (AvgIpc) is 3.54. The fourth-order valence-corrected chi connectivity index (χ4v) is 3.48. The van der Waals surface area contributed by atoms with Crippen molar-refractivity contribution in [2.24, 2.45) is 0 Å². The van der Waals surface area contributed by atoms with Crippen molar-refractivity contribution in [1.29, 1.82) is 0 Å². The number of pyridine rings is 1. The van der Waals surface area contributed by atoms with Crippen LogP contribution in [0, 0.1) is 0 Å². The van der Waals surface area contributed by atoms with Crippen LogP contribution in [0.3, 0.4) is 0 Å². The number of nitrogen functional groups attached to an aromatic ring is 1. The van der Waals surface area contributed by atoms with Gasteiger partial charge < -0.3 is 20.2 Å². The third-order valence-corrected chi connectivity index (χ3v) is 5.20. The van der Waals surface area contributed by atoms with Gasteiger partial charge in [0.2, 0.25) is 17.7 Å². The van der Waals surface area contributed by atoms with Gasteiger partial charge in [-0.15, -0.1) is 5.10 Å². The molecular formula is C24H24N8O2. The maximum atomic E-state index is 6.03. The number of benzene rings is 1. The van der Waals surface area contributed by atoms with E-state index in [1.807, 2.05) is 24.4 Å². The molecule has 0 saturated heterocycles. The maximum Gasteiger partial charge on any atom is 0.259 e. The molecule has 0 unspecified atom stereocenters. The predicted molar refractivity (Wildman–Crippen MR) is 127 cm³/mol. The molecule has 5 aromatic rings. The number of ether oxygens (including phenoxy) is 1. The molecule has 172 valence electrons. The minimum atomic E-state index is 0.197. The first-order valence-electron chi connectivity index (χ1n) is 11.0. The van der Waals surface area contributed by atoms with Crippen LogP contribution in [0.25, 0.3) is 17.4 Å². The van der Waals surface area contributed by atoms with Gasteiger partial charge in [0.1, 0.15) is 5.75 Å². The van der Waals surface area contributed by atoms with Crippen LogP contribution in [0.4, 0.5) is 11.9 Å². The highest BCUT2D eigenvalue weighted by Crippen LogP contribution is 2.18. The van der Waals surface area contributed by atoms with Gasteiger partial charge >= 0.3 is 0 Å². The lowest BCUT2D eigenvalue weighted by Crippen LogP contribution is -2.12. The Morgan fingerprint density at radius 1 is 0.971 bits per heavy atom. The summed E-state index contributed by atoms with van der Waals surface area (Å²) in [6.45, 7) is 1.31. The van der Waals surface area contributed by atoms with Gasteiger partial charge in [-0.25, -0.2) is 0 Å². The van der Waals surface area contributed by atoms with Crippen molar-refractivity contribution in [2.45, 2.75) is 19.3 Å². The molecule has 0 radical (unpaired) electrons. The molecule has 4 aromatic heterocycles. The average molecular weight is 457 g/mol. The van der Waals surface area contributed by atoms with E-state index in [-0.39, 0.29) is 5.95 Å². The maximum absolute atomic E-state index is 6.03. The van der Waals surface area contributed by atoms with Crippen LogP contribution in [-0.2, 0) is 12.8 Å². The molecule has 34 heavy (non-hydrogen) atoms. The van der Waals surface area contributed by atoms with Crippen LogP contribution >= 0.6 is 0 Å². The highest BCUT2D eigenvalue weighted by Gasteiger charge is 2.13. The number of aromatic nitrogens is 6. The molecule has 0 aliphatic heterocycles. The Bertz CT molecular complexity index is 1340. The monoisotopic (exact) mass is 456 g/mol. The molecule has 0 amide bonds. The summed E-state index contributed by atoms with van der Waals surface area (Å²) in [5, 5.41) is 7.49. The van der Waals surface area contributed by atoms with Gasteiger partial charge in [0.05, 0.1) is 12.9 Å². The van der Waals surface area contributed by atoms with Crippen molar-refractivity contribution >= 4 is 17.7 Å². The Morgan fingerprint density at radius 3 is 2.68 bits per heavy atom. The first kappa shape index (κ1) is 21.4. The van der Waals surface area contributed by atoms with Crippen molar-refractivity contribution in [3.8, 4) is 17.3 Å². The second kappa shape index (κ2) is 9.99. The molecule has 0 saturated carbocycles. The van der Waals surface area contributed by atoms with Crippen LogP contribution < -0.4 is 15.8 Å². The number of anilines is 2. The van der Waals surface area contributed by atoms with Gasteiger partial charge in [-0.1, -0.05) is 18.2 Å². The zero-order chi connectivity index (χ0) is 23.2. The van der Waals surface area contributed by atoms with E-state index in [0.29, 0.717) is 36.5 Å². The second-order valence-corrected chi connectivity index (χ2v) is 7.66. The summed E-state index contributed by atoms with van der Waals surface area (Å²) in [5.74, 6) is 2.76. The van der Waals surface area contributed by atoms with Crippen molar-refractivity contribution in [3.63, 3.8) is 0 Å². The summed E-state index contributed by atoms with van der Waals surface area (Å²) in [6.07, 6.45) is 7.93. The lowest BCUT2D eigenvalue weighted by atomic mass is 10.1. The van der Waals surface area contributed by atoms with E-state index < -0.39 is 0 Å². The topological polar surface area (TPSA) is 129 Å². The van der Waals surface area contributed by atoms with Gasteiger partial charge in [-0.05, 0) is 60.7 Å². The quantitative estimate of drug-likeness (QED) is 0.304. The van der Waals surface area contributed by atoms with Crippen LogP contribution in [0.1, 0.15) is 17.5 Å². The molecule has 0 bridgehead atoms. The summed E-state index contributed by atoms with van der Waals surface area (Å²) in [5.41, 5.74) is 8.42. The number of nitrogens with one attached hydrogen (secondary N) is 1. The molecule has 4 heterocycles. The van der Waals surface area contributed by atoms with E-state index in [9.17, 15) is 0 Å². The zero-order valence-electron chi connectivity index (χ0n) is 18.5. The highest BCUT2D eigenvalue weighted by atomic mass is 16.5. The van der Waals surface area contributed by atoms with E-state index in [1.165, 1.54) is 15.6 Å². The Kier molecular flexibility index (Phi) is 6.28. The molecule has 10 heteroatoms. The van der Waals surface area contributed by atoms with Gasteiger partial charge in [-0.2, -0.15) is 19.5 Å². The number of hydrogen-bond donors (Lipinski definition) is 2. The van der Waals surface area contributed by atoms with E-state index in [4.69, 9.17) is 14.9 Å². The SMILES string of the molecule is Nc1nc(NCCc2ccc(OCCCc3cccnc3)cc2)nc2nc(-c3ccco3)nn12. The summed E-state index contributed by atoms with van der Waals surface area (Å²) < 4.78 is 12.6. The lowest BCUT2D eigenvalue weighted by Gasteiger charge is -2.08. The van der Waals surface area contributed by atoms with Gasteiger partial charge in [0.25, 0.3) is 5.78 Å². The fraction of sp³-hybridized carbons (Fsp3) is 0.208. The first-order valence-corrected chi connectivity index (χ1v) is 11.0. The van der Waals surface area contributed by atoms with Crippen molar-refractivity contribution in [3.05, 3.63) is 78.3 Å². The number of nitrogens with zero attached hydrogens (tertiary/aromatic N) is 6. The molecule has 0 aliphatic carbocycles. The molecule has 0 spiro atoms. The molecule has 3 N–H and O–H groups in total. The van der Waals surface area contributed by atoms with Crippen molar-refractivity contribution in [1.82, 2.24) is 29.5 Å². The van der Waals surface area contributed by atoms with E-state index >= 15 is 0 Å². The van der Waals surface area contributed by atoms with Crippen LogP contribution in [0.2, 0.25) is 0 Å². The summed E-state index contributed by atoms with van der Waals surface area (Å²) >= 11 is 0. The van der Waals surface area contributed by atoms with Crippen molar-refractivity contribution < 1.29 is 9.15 Å². The molecule has 5 rings (SSSR count).